The molecule has 1 saturated heterocycles. The monoisotopic (exact) mass is 415 g/mol. The van der Waals surface area contributed by atoms with Crippen LogP contribution in [0.1, 0.15) is 38.5 Å². The highest BCUT2D eigenvalue weighted by Crippen LogP contribution is 2.30. The molecule has 6 rings (SSSR count). The third kappa shape index (κ3) is 3.32. The van der Waals surface area contributed by atoms with Gasteiger partial charge in [-0.15, -0.1) is 0 Å². The number of fused-ring (bicyclic) bond motifs is 2. The molecule has 0 radical (unpaired) electrons. The van der Waals surface area contributed by atoms with Gasteiger partial charge >= 0.3 is 0 Å². The van der Waals surface area contributed by atoms with E-state index in [9.17, 15) is 4.79 Å². The molecule has 2 N–H and O–H groups in total. The summed E-state index contributed by atoms with van der Waals surface area (Å²) in [4.78, 5) is 31.0. The van der Waals surface area contributed by atoms with Crippen LogP contribution in [0.4, 0.5) is 5.95 Å². The van der Waals surface area contributed by atoms with E-state index in [1.54, 1.807) is 6.20 Å². The molecule has 0 unspecified atom stereocenters. The van der Waals surface area contributed by atoms with Gasteiger partial charge in [-0.2, -0.15) is 4.98 Å². The minimum absolute atomic E-state index is 0.333. The Labute approximate surface area is 179 Å². The van der Waals surface area contributed by atoms with Crippen molar-refractivity contribution in [2.45, 2.75) is 50.6 Å². The quantitative estimate of drug-likeness (QED) is 0.531. The number of nitrogens with one attached hydrogen (secondary N) is 2. The van der Waals surface area contributed by atoms with Crippen molar-refractivity contribution in [3.05, 3.63) is 43.1 Å². The largest absolute Gasteiger partial charge is 0.351 e. The number of rotatable bonds is 4. The molecule has 2 aliphatic rings. The summed E-state index contributed by atoms with van der Waals surface area (Å²) >= 11 is 0. The van der Waals surface area contributed by atoms with E-state index in [0.717, 1.165) is 72.9 Å². The van der Waals surface area contributed by atoms with Crippen LogP contribution < -0.4 is 5.32 Å². The number of hydrogen-bond donors (Lipinski definition) is 2. The lowest BCUT2D eigenvalue weighted by molar-refractivity contribution is -0.130. The summed E-state index contributed by atoms with van der Waals surface area (Å²) in [6.45, 7) is 0.935. The molecule has 2 fully saturated rings. The van der Waals surface area contributed by atoms with Crippen molar-refractivity contribution in [2.75, 3.05) is 11.9 Å². The number of carbonyl (C=O) groups is 1. The zero-order valence-electron chi connectivity index (χ0n) is 17.3. The van der Waals surface area contributed by atoms with Gasteiger partial charge in [0.15, 0.2) is 0 Å². The molecular formula is C23H25N7O. The van der Waals surface area contributed by atoms with Crippen molar-refractivity contribution >= 4 is 28.5 Å². The van der Waals surface area contributed by atoms with Gasteiger partial charge in [-0.3, -0.25) is 4.79 Å². The molecule has 4 aromatic rings. The molecule has 0 atom stereocenters. The standard InChI is InChI=1S/C23H25N7O/c31-21-2-1-10-30(21)17-6-4-16(5-7-17)27-23-26-13-19-18(12-25-22(19)28-23)15-3-8-20-24-9-11-29(20)14-15/h3,8-9,11-14,16-17H,1-2,4-7,10H2,(H2,25,26,27,28). The fraction of sp³-hybridized carbons (Fsp3) is 0.391. The average Bonchev–Trinajstić information content (AvgIpc) is 3.53. The molecule has 31 heavy (non-hydrogen) atoms. The van der Waals surface area contributed by atoms with Crippen molar-refractivity contribution in [3.63, 3.8) is 0 Å². The second kappa shape index (κ2) is 7.37. The number of amides is 1. The van der Waals surface area contributed by atoms with Crippen LogP contribution in [0, 0.1) is 0 Å². The molecule has 158 valence electrons. The maximum atomic E-state index is 12.0. The summed E-state index contributed by atoms with van der Waals surface area (Å²) in [5, 5.41) is 4.51. The summed E-state index contributed by atoms with van der Waals surface area (Å²) in [6, 6.07) is 4.84. The highest BCUT2D eigenvalue weighted by Gasteiger charge is 2.31. The first-order chi connectivity index (χ1) is 15.2. The third-order valence-electron chi connectivity index (χ3n) is 6.71. The van der Waals surface area contributed by atoms with E-state index in [-0.39, 0.29) is 0 Å². The van der Waals surface area contributed by atoms with Gasteiger partial charge in [-0.25, -0.2) is 9.97 Å². The topological polar surface area (TPSA) is 91.2 Å². The van der Waals surface area contributed by atoms with Gasteiger partial charge in [0.25, 0.3) is 0 Å². The fourth-order valence-corrected chi connectivity index (χ4v) is 5.06. The molecular weight excluding hydrogens is 390 g/mol. The molecule has 1 aliphatic heterocycles. The Balaban J connectivity index is 1.16. The molecule has 5 heterocycles. The van der Waals surface area contributed by atoms with E-state index in [1.807, 2.05) is 29.1 Å². The normalized spacial score (nSPS) is 21.9. The van der Waals surface area contributed by atoms with Crippen molar-refractivity contribution in [3.8, 4) is 11.1 Å². The van der Waals surface area contributed by atoms with E-state index in [2.05, 4.69) is 37.4 Å². The average molecular weight is 416 g/mol. The van der Waals surface area contributed by atoms with Crippen molar-refractivity contribution in [2.24, 2.45) is 0 Å². The van der Waals surface area contributed by atoms with Gasteiger partial charge in [-0.1, -0.05) is 0 Å². The Bertz CT molecular complexity index is 1250. The van der Waals surface area contributed by atoms with Gasteiger partial charge in [-0.05, 0) is 44.2 Å². The lowest BCUT2D eigenvalue weighted by Crippen LogP contribution is -2.41. The summed E-state index contributed by atoms with van der Waals surface area (Å²) in [5.41, 5.74) is 3.92. The van der Waals surface area contributed by atoms with Crippen molar-refractivity contribution in [1.29, 1.82) is 0 Å². The molecule has 0 aromatic carbocycles. The van der Waals surface area contributed by atoms with E-state index >= 15 is 0 Å². The van der Waals surface area contributed by atoms with Crippen molar-refractivity contribution in [1.82, 2.24) is 29.2 Å². The van der Waals surface area contributed by atoms with Crippen LogP contribution in [0.2, 0.25) is 0 Å². The smallest absolute Gasteiger partial charge is 0.224 e. The Morgan fingerprint density at radius 3 is 2.87 bits per heavy atom. The number of anilines is 1. The van der Waals surface area contributed by atoms with Gasteiger partial charge in [0.05, 0.1) is 0 Å². The predicted molar refractivity (Wildman–Crippen MR) is 119 cm³/mol. The summed E-state index contributed by atoms with van der Waals surface area (Å²) in [7, 11) is 0. The van der Waals surface area contributed by atoms with Crippen LogP contribution in [0.3, 0.4) is 0 Å². The predicted octanol–water partition coefficient (Wildman–Crippen LogP) is 3.62. The van der Waals surface area contributed by atoms with Gasteiger partial charge in [0.1, 0.15) is 11.3 Å². The molecule has 1 aliphatic carbocycles. The maximum absolute atomic E-state index is 12.0. The lowest BCUT2D eigenvalue weighted by Gasteiger charge is -2.34. The van der Waals surface area contributed by atoms with Crippen LogP contribution in [-0.2, 0) is 4.79 Å². The fourth-order valence-electron chi connectivity index (χ4n) is 5.06. The number of imidazole rings is 1. The number of hydrogen-bond acceptors (Lipinski definition) is 5. The SMILES string of the molecule is O=C1CCCN1C1CCC(Nc2ncc3c(-c4ccc5nccn5c4)c[nH]c3n2)CC1. The second-order valence-electron chi connectivity index (χ2n) is 8.61. The van der Waals surface area contributed by atoms with E-state index in [1.165, 1.54) is 0 Å². The molecule has 8 heteroatoms. The molecule has 0 bridgehead atoms. The number of likely N-dealkylation sites (tertiary alicyclic amines) is 1. The number of carbonyl (C=O) groups excluding carboxylic acids is 1. The van der Waals surface area contributed by atoms with Gasteiger partial charge in [0, 0.05) is 72.5 Å². The zero-order chi connectivity index (χ0) is 20.8. The van der Waals surface area contributed by atoms with Crippen molar-refractivity contribution < 1.29 is 4.79 Å². The van der Waals surface area contributed by atoms with E-state index in [4.69, 9.17) is 4.98 Å². The Morgan fingerprint density at radius 2 is 2.03 bits per heavy atom. The Kier molecular flexibility index (Phi) is 4.36. The lowest BCUT2D eigenvalue weighted by atomic mass is 9.90. The third-order valence-corrected chi connectivity index (χ3v) is 6.71. The van der Waals surface area contributed by atoms with Crippen LogP contribution in [0.25, 0.3) is 27.8 Å². The van der Waals surface area contributed by atoms with Crippen LogP contribution in [0.5, 0.6) is 0 Å². The highest BCUT2D eigenvalue weighted by molar-refractivity contribution is 5.93. The van der Waals surface area contributed by atoms with E-state index in [0.29, 0.717) is 23.9 Å². The first kappa shape index (κ1) is 18.4. The summed E-state index contributed by atoms with van der Waals surface area (Å²) < 4.78 is 2.01. The number of H-pyrrole nitrogens is 1. The molecule has 1 amide bonds. The first-order valence-corrected chi connectivity index (χ1v) is 11.1. The Morgan fingerprint density at radius 1 is 1.13 bits per heavy atom. The molecule has 0 spiro atoms. The number of pyridine rings is 1. The molecule has 4 aromatic heterocycles. The first-order valence-electron chi connectivity index (χ1n) is 11.1. The second-order valence-corrected chi connectivity index (χ2v) is 8.61. The van der Waals surface area contributed by atoms with Crippen LogP contribution >= 0.6 is 0 Å². The van der Waals surface area contributed by atoms with Gasteiger partial charge in [0.2, 0.25) is 11.9 Å². The van der Waals surface area contributed by atoms with Crippen LogP contribution in [0.15, 0.2) is 43.1 Å². The number of aromatic amines is 1. The number of aromatic nitrogens is 5. The minimum atomic E-state index is 0.333. The van der Waals surface area contributed by atoms with Gasteiger partial charge < -0.3 is 19.6 Å². The minimum Gasteiger partial charge on any atom is -0.351 e. The van der Waals surface area contributed by atoms with Crippen LogP contribution in [-0.4, -0.2) is 53.8 Å². The molecule has 1 saturated carbocycles. The summed E-state index contributed by atoms with van der Waals surface area (Å²) in [6.07, 6.45) is 15.6. The van der Waals surface area contributed by atoms with E-state index < -0.39 is 0 Å². The maximum Gasteiger partial charge on any atom is 0.224 e. The molecule has 8 nitrogen and oxygen atoms in total. The highest BCUT2D eigenvalue weighted by atomic mass is 16.2. The summed E-state index contributed by atoms with van der Waals surface area (Å²) in [5.74, 6) is 0.992. The Hall–Kier alpha value is -3.42. The number of nitrogens with zero attached hydrogens (tertiary/aromatic N) is 5. The zero-order valence-corrected chi connectivity index (χ0v) is 17.3.